The fraction of sp³-hybridized carbons (Fsp3) is 0.120. The van der Waals surface area contributed by atoms with E-state index in [9.17, 15) is 9.59 Å². The van der Waals surface area contributed by atoms with Crippen molar-refractivity contribution in [3.8, 4) is 5.75 Å². The smallest absolute Gasteiger partial charge is 0.262 e. The predicted molar refractivity (Wildman–Crippen MR) is 112 cm³/mol. The number of hydroxylamine groups is 2. The molecule has 3 aromatic rings. The minimum absolute atomic E-state index is 0.0931. The van der Waals surface area contributed by atoms with Crippen LogP contribution in [0.3, 0.4) is 0 Å². The van der Waals surface area contributed by atoms with E-state index in [0.29, 0.717) is 17.9 Å². The zero-order valence-corrected chi connectivity index (χ0v) is 16.1. The SMILES string of the molecule is CC1C(=O)N(Cc2ccccc2)Oc2cc(C(=O)C=Cc3ccccc3)ccc21. The second-order valence-corrected chi connectivity index (χ2v) is 7.03. The van der Waals surface area contributed by atoms with Gasteiger partial charge in [0.25, 0.3) is 5.91 Å². The van der Waals surface area contributed by atoms with Crippen LogP contribution in [-0.2, 0) is 11.3 Å². The zero-order valence-electron chi connectivity index (χ0n) is 16.1. The molecule has 1 unspecified atom stereocenters. The summed E-state index contributed by atoms with van der Waals surface area (Å²) in [7, 11) is 0. The lowest BCUT2D eigenvalue weighted by Crippen LogP contribution is -2.40. The molecule has 1 aliphatic heterocycles. The minimum atomic E-state index is -0.327. The van der Waals surface area contributed by atoms with Crippen LogP contribution in [0.5, 0.6) is 5.75 Å². The summed E-state index contributed by atoms with van der Waals surface area (Å²) in [5.74, 6) is 0.0160. The van der Waals surface area contributed by atoms with Crippen LogP contribution in [0.15, 0.2) is 84.9 Å². The van der Waals surface area contributed by atoms with E-state index in [1.165, 1.54) is 5.06 Å². The molecular formula is C25H21NO3. The second-order valence-electron chi connectivity index (χ2n) is 7.03. The largest absolute Gasteiger partial charge is 0.376 e. The number of nitrogens with zero attached hydrogens (tertiary/aromatic N) is 1. The lowest BCUT2D eigenvalue weighted by molar-refractivity contribution is -0.164. The zero-order chi connectivity index (χ0) is 20.2. The van der Waals surface area contributed by atoms with Gasteiger partial charge in [-0.05, 0) is 30.2 Å². The molecule has 0 saturated heterocycles. The summed E-state index contributed by atoms with van der Waals surface area (Å²) < 4.78 is 0. The van der Waals surface area contributed by atoms with Crippen molar-refractivity contribution in [2.45, 2.75) is 19.4 Å². The molecule has 4 rings (SSSR count). The number of hydrogen-bond donors (Lipinski definition) is 0. The Hall–Kier alpha value is -3.66. The summed E-state index contributed by atoms with van der Waals surface area (Å²) >= 11 is 0. The van der Waals surface area contributed by atoms with E-state index in [1.807, 2.05) is 67.6 Å². The molecular weight excluding hydrogens is 362 g/mol. The van der Waals surface area contributed by atoms with Crippen molar-refractivity contribution >= 4 is 17.8 Å². The summed E-state index contributed by atoms with van der Waals surface area (Å²) in [5.41, 5.74) is 3.26. The first-order valence-corrected chi connectivity index (χ1v) is 9.56. The topological polar surface area (TPSA) is 46.6 Å². The van der Waals surface area contributed by atoms with E-state index in [4.69, 9.17) is 4.84 Å². The van der Waals surface area contributed by atoms with Gasteiger partial charge in [-0.1, -0.05) is 78.9 Å². The van der Waals surface area contributed by atoms with Crippen LogP contribution in [0.25, 0.3) is 6.08 Å². The average Bonchev–Trinajstić information content (AvgIpc) is 2.76. The third-order valence-corrected chi connectivity index (χ3v) is 4.99. The Bertz CT molecular complexity index is 1060. The second kappa shape index (κ2) is 8.15. The van der Waals surface area contributed by atoms with Crippen molar-refractivity contribution in [3.63, 3.8) is 0 Å². The van der Waals surface area contributed by atoms with Gasteiger partial charge in [0.1, 0.15) is 0 Å². The van der Waals surface area contributed by atoms with Crippen molar-refractivity contribution in [2.75, 3.05) is 0 Å². The summed E-state index contributed by atoms with van der Waals surface area (Å²) in [6.45, 7) is 2.22. The number of rotatable bonds is 5. The molecule has 3 aromatic carbocycles. The minimum Gasteiger partial charge on any atom is -0.376 e. The molecule has 1 atom stereocenters. The number of amides is 1. The third kappa shape index (κ3) is 4.11. The maximum atomic E-state index is 12.7. The molecule has 0 aromatic heterocycles. The standard InChI is InChI=1S/C25H21NO3/c1-18-22-14-13-21(23(27)15-12-19-8-4-2-5-9-19)16-24(22)29-26(25(18)28)17-20-10-6-3-7-11-20/h2-16,18H,17H2,1H3. The van der Waals surface area contributed by atoms with Crippen LogP contribution in [0.2, 0.25) is 0 Å². The lowest BCUT2D eigenvalue weighted by atomic mass is 9.95. The van der Waals surface area contributed by atoms with E-state index >= 15 is 0 Å². The number of ketones is 1. The van der Waals surface area contributed by atoms with Gasteiger partial charge in [0.05, 0.1) is 12.5 Å². The molecule has 29 heavy (non-hydrogen) atoms. The number of hydrogen-bond acceptors (Lipinski definition) is 3. The van der Waals surface area contributed by atoms with Gasteiger partial charge in [-0.3, -0.25) is 9.59 Å². The molecule has 1 heterocycles. The summed E-state index contributed by atoms with van der Waals surface area (Å²) in [4.78, 5) is 31.2. The van der Waals surface area contributed by atoms with Crippen LogP contribution in [0.1, 0.15) is 39.9 Å². The molecule has 144 valence electrons. The van der Waals surface area contributed by atoms with Gasteiger partial charge < -0.3 is 4.84 Å². The van der Waals surface area contributed by atoms with Crippen LogP contribution in [0.4, 0.5) is 0 Å². The van der Waals surface area contributed by atoms with Gasteiger partial charge in [-0.25, -0.2) is 0 Å². The maximum Gasteiger partial charge on any atom is 0.262 e. The first-order chi connectivity index (χ1) is 14.1. The summed E-state index contributed by atoms with van der Waals surface area (Å²) in [5, 5.41) is 1.37. The van der Waals surface area contributed by atoms with Gasteiger partial charge >= 0.3 is 0 Å². The third-order valence-electron chi connectivity index (χ3n) is 4.99. The molecule has 0 saturated carbocycles. The highest BCUT2D eigenvalue weighted by Gasteiger charge is 2.32. The Labute approximate surface area is 170 Å². The molecule has 0 bridgehead atoms. The molecule has 0 N–H and O–H groups in total. The highest BCUT2D eigenvalue weighted by molar-refractivity contribution is 6.07. The van der Waals surface area contributed by atoms with Gasteiger partial charge in [0, 0.05) is 11.1 Å². The first kappa shape index (κ1) is 18.7. The molecule has 0 spiro atoms. The van der Waals surface area contributed by atoms with Crippen molar-refractivity contribution in [2.24, 2.45) is 0 Å². The molecule has 4 nitrogen and oxygen atoms in total. The summed E-state index contributed by atoms with van der Waals surface area (Å²) in [6.07, 6.45) is 3.34. The van der Waals surface area contributed by atoms with Crippen molar-refractivity contribution in [1.29, 1.82) is 0 Å². The number of carbonyl (C=O) groups is 2. The molecule has 1 amide bonds. The van der Waals surface area contributed by atoms with E-state index in [1.54, 1.807) is 30.4 Å². The number of carbonyl (C=O) groups excluding carboxylic acids is 2. The van der Waals surface area contributed by atoms with Crippen molar-refractivity contribution in [3.05, 3.63) is 107 Å². The fourth-order valence-electron chi connectivity index (χ4n) is 3.33. The first-order valence-electron chi connectivity index (χ1n) is 9.56. The normalized spacial score (nSPS) is 15.8. The van der Waals surface area contributed by atoms with Crippen molar-refractivity contribution in [1.82, 2.24) is 5.06 Å². The monoisotopic (exact) mass is 383 g/mol. The van der Waals surface area contributed by atoms with E-state index in [0.717, 1.165) is 16.7 Å². The lowest BCUT2D eigenvalue weighted by Gasteiger charge is -2.32. The Morgan fingerprint density at radius 3 is 2.41 bits per heavy atom. The van der Waals surface area contributed by atoms with Gasteiger partial charge in [-0.2, -0.15) is 5.06 Å². The van der Waals surface area contributed by atoms with Crippen LogP contribution >= 0.6 is 0 Å². The highest BCUT2D eigenvalue weighted by Crippen LogP contribution is 2.35. The molecule has 1 aliphatic rings. The number of allylic oxidation sites excluding steroid dienone is 1. The molecule has 0 fully saturated rings. The Balaban J connectivity index is 1.56. The van der Waals surface area contributed by atoms with Gasteiger partial charge in [0.15, 0.2) is 11.5 Å². The van der Waals surface area contributed by atoms with Crippen molar-refractivity contribution < 1.29 is 14.4 Å². The van der Waals surface area contributed by atoms with E-state index in [-0.39, 0.29) is 17.6 Å². The van der Waals surface area contributed by atoms with E-state index < -0.39 is 0 Å². The average molecular weight is 383 g/mol. The predicted octanol–water partition coefficient (Wildman–Crippen LogP) is 5.02. The Morgan fingerprint density at radius 1 is 1.00 bits per heavy atom. The summed E-state index contributed by atoms with van der Waals surface area (Å²) in [6, 6.07) is 24.6. The van der Waals surface area contributed by atoms with Crippen LogP contribution in [-0.4, -0.2) is 16.8 Å². The Morgan fingerprint density at radius 2 is 1.69 bits per heavy atom. The quantitative estimate of drug-likeness (QED) is 0.459. The van der Waals surface area contributed by atoms with Crippen LogP contribution in [0, 0.1) is 0 Å². The molecule has 4 heteroatoms. The number of fused-ring (bicyclic) bond motifs is 1. The molecule has 0 aliphatic carbocycles. The van der Waals surface area contributed by atoms with Gasteiger partial charge in [0.2, 0.25) is 0 Å². The van der Waals surface area contributed by atoms with Crippen LogP contribution < -0.4 is 4.84 Å². The van der Waals surface area contributed by atoms with E-state index in [2.05, 4.69) is 0 Å². The molecule has 0 radical (unpaired) electrons. The van der Waals surface area contributed by atoms with Gasteiger partial charge in [-0.15, -0.1) is 0 Å². The Kier molecular flexibility index (Phi) is 5.25. The fourth-order valence-corrected chi connectivity index (χ4v) is 3.33. The number of benzene rings is 3. The highest BCUT2D eigenvalue weighted by atomic mass is 16.7. The maximum absolute atomic E-state index is 12.7.